The van der Waals surface area contributed by atoms with E-state index < -0.39 is 10.0 Å². The molecule has 1 aromatic rings. The summed E-state index contributed by atoms with van der Waals surface area (Å²) in [5, 5.41) is 0. The van der Waals surface area contributed by atoms with Gasteiger partial charge >= 0.3 is 0 Å². The second-order valence-corrected chi connectivity index (χ2v) is 6.79. The smallest absolute Gasteiger partial charge is 0.242 e. The van der Waals surface area contributed by atoms with Crippen LogP contribution >= 0.6 is 11.8 Å². The summed E-state index contributed by atoms with van der Waals surface area (Å²) in [6, 6.07) is 1.58. The first-order valence-corrected chi connectivity index (χ1v) is 8.68. The molecule has 0 aliphatic heterocycles. The highest BCUT2D eigenvalue weighted by molar-refractivity contribution is 7.98. The second-order valence-electron chi connectivity index (χ2n) is 4.16. The summed E-state index contributed by atoms with van der Waals surface area (Å²) in [6.07, 6.45) is 4.33. The predicted molar refractivity (Wildman–Crippen MR) is 76.1 cm³/mol. The molecule has 18 heavy (non-hydrogen) atoms. The fourth-order valence-corrected chi connectivity index (χ4v) is 3.89. The van der Waals surface area contributed by atoms with E-state index in [1.54, 1.807) is 35.6 Å². The Morgan fingerprint density at radius 1 is 1.56 bits per heavy atom. The van der Waals surface area contributed by atoms with Gasteiger partial charge in [0.25, 0.3) is 0 Å². The molecule has 104 valence electrons. The maximum Gasteiger partial charge on any atom is 0.242 e. The number of sulfonamides is 1. The lowest BCUT2D eigenvalue weighted by Gasteiger charge is -2.15. The van der Waals surface area contributed by atoms with E-state index in [1.807, 2.05) is 13.2 Å². The maximum atomic E-state index is 12.2. The summed E-state index contributed by atoms with van der Waals surface area (Å²) in [7, 11) is -1.65. The van der Waals surface area contributed by atoms with Gasteiger partial charge < -0.3 is 10.3 Å². The molecule has 0 bridgehead atoms. The van der Waals surface area contributed by atoms with Crippen LogP contribution in [-0.2, 0) is 23.6 Å². The van der Waals surface area contributed by atoms with Crippen molar-refractivity contribution in [2.75, 3.05) is 12.0 Å². The lowest BCUT2D eigenvalue weighted by molar-refractivity contribution is 0.558. The number of rotatable bonds is 7. The summed E-state index contributed by atoms with van der Waals surface area (Å²) in [5.74, 6) is 0.770. The minimum Gasteiger partial charge on any atom is -0.352 e. The minimum atomic E-state index is -3.45. The van der Waals surface area contributed by atoms with Crippen molar-refractivity contribution >= 4 is 21.8 Å². The second kappa shape index (κ2) is 6.60. The lowest BCUT2D eigenvalue weighted by atomic mass is 10.3. The Hall–Kier alpha value is -0.500. The van der Waals surface area contributed by atoms with E-state index in [1.165, 1.54) is 0 Å². The van der Waals surface area contributed by atoms with Crippen molar-refractivity contribution in [3.63, 3.8) is 0 Å². The summed E-state index contributed by atoms with van der Waals surface area (Å²) < 4.78 is 28.8. The van der Waals surface area contributed by atoms with Crippen LogP contribution in [0.1, 0.15) is 19.0 Å². The number of aromatic nitrogens is 1. The first-order valence-electron chi connectivity index (χ1n) is 5.81. The van der Waals surface area contributed by atoms with Gasteiger partial charge in [0.15, 0.2) is 0 Å². The highest BCUT2D eigenvalue weighted by Gasteiger charge is 2.20. The Morgan fingerprint density at radius 2 is 2.22 bits per heavy atom. The summed E-state index contributed by atoms with van der Waals surface area (Å²) in [6.45, 7) is 2.30. The van der Waals surface area contributed by atoms with Crippen molar-refractivity contribution in [3.05, 3.63) is 18.0 Å². The molecule has 1 atom stereocenters. The van der Waals surface area contributed by atoms with Crippen LogP contribution in [0.2, 0.25) is 0 Å². The Labute approximate surface area is 113 Å². The lowest BCUT2D eigenvalue weighted by Crippen LogP contribution is -2.35. The number of hydrogen-bond donors (Lipinski definition) is 2. The van der Waals surface area contributed by atoms with Gasteiger partial charge in [-0.25, -0.2) is 13.1 Å². The molecule has 0 fully saturated rings. The van der Waals surface area contributed by atoms with Crippen molar-refractivity contribution in [2.45, 2.75) is 30.8 Å². The van der Waals surface area contributed by atoms with E-state index in [0.717, 1.165) is 17.9 Å². The van der Waals surface area contributed by atoms with Crippen molar-refractivity contribution in [3.8, 4) is 0 Å². The molecule has 0 amide bonds. The topological polar surface area (TPSA) is 77.1 Å². The first kappa shape index (κ1) is 15.6. The van der Waals surface area contributed by atoms with Crippen molar-refractivity contribution < 1.29 is 8.42 Å². The van der Waals surface area contributed by atoms with Gasteiger partial charge in [0.2, 0.25) is 10.0 Å². The Kier molecular flexibility index (Phi) is 5.71. The molecule has 0 saturated carbocycles. The van der Waals surface area contributed by atoms with Gasteiger partial charge in [-0.15, -0.1) is 0 Å². The molecule has 1 aromatic heterocycles. The van der Waals surface area contributed by atoms with E-state index in [2.05, 4.69) is 4.72 Å². The molecule has 1 unspecified atom stereocenters. The van der Waals surface area contributed by atoms with Crippen LogP contribution in [-0.4, -0.2) is 31.0 Å². The molecule has 0 aromatic carbocycles. The van der Waals surface area contributed by atoms with Crippen molar-refractivity contribution in [1.29, 1.82) is 0 Å². The van der Waals surface area contributed by atoms with E-state index >= 15 is 0 Å². The third-order valence-electron chi connectivity index (χ3n) is 2.78. The highest BCUT2D eigenvalue weighted by atomic mass is 32.2. The van der Waals surface area contributed by atoms with Crippen LogP contribution < -0.4 is 10.5 Å². The third kappa shape index (κ3) is 3.74. The molecule has 0 aliphatic carbocycles. The average Bonchev–Trinajstić information content (AvgIpc) is 2.70. The monoisotopic (exact) mass is 291 g/mol. The van der Waals surface area contributed by atoms with Gasteiger partial charge in [-0.05, 0) is 18.7 Å². The fourth-order valence-electron chi connectivity index (χ4n) is 1.65. The Balaban J connectivity index is 2.91. The average molecular weight is 291 g/mol. The van der Waals surface area contributed by atoms with Gasteiger partial charge in [-0.3, -0.25) is 0 Å². The molecule has 0 radical (unpaired) electrons. The normalized spacial score (nSPS) is 13.8. The van der Waals surface area contributed by atoms with Gasteiger partial charge in [-0.1, -0.05) is 6.92 Å². The third-order valence-corrected chi connectivity index (χ3v) is 5.01. The van der Waals surface area contributed by atoms with Gasteiger partial charge in [-0.2, -0.15) is 11.8 Å². The van der Waals surface area contributed by atoms with Crippen LogP contribution in [0.15, 0.2) is 17.2 Å². The largest absolute Gasteiger partial charge is 0.352 e. The van der Waals surface area contributed by atoms with Crippen LogP contribution in [0.25, 0.3) is 0 Å². The molecule has 0 aliphatic rings. The van der Waals surface area contributed by atoms with Crippen LogP contribution in [0.4, 0.5) is 0 Å². The van der Waals surface area contributed by atoms with Crippen LogP contribution in [0.3, 0.4) is 0 Å². The van der Waals surface area contributed by atoms with Gasteiger partial charge in [0.1, 0.15) is 0 Å². The molecule has 0 spiro atoms. The van der Waals surface area contributed by atoms with Crippen LogP contribution in [0.5, 0.6) is 0 Å². The molecule has 7 heteroatoms. The number of hydrogen-bond acceptors (Lipinski definition) is 4. The van der Waals surface area contributed by atoms with Gasteiger partial charge in [0, 0.05) is 37.3 Å². The maximum absolute atomic E-state index is 12.2. The standard InChI is InChI=1S/C11H21N3O2S2/c1-4-9(8-17-3)13-18(15,16)11-5-10(6-12)14(2)7-11/h5,7,9,13H,4,6,8,12H2,1-3H3. The summed E-state index contributed by atoms with van der Waals surface area (Å²) in [4.78, 5) is 0.282. The quantitative estimate of drug-likeness (QED) is 0.782. The molecular formula is C11H21N3O2S2. The first-order chi connectivity index (χ1) is 8.44. The minimum absolute atomic E-state index is 0.0356. The number of nitrogens with two attached hydrogens (primary N) is 1. The van der Waals surface area contributed by atoms with Crippen molar-refractivity contribution in [2.24, 2.45) is 12.8 Å². The highest BCUT2D eigenvalue weighted by Crippen LogP contribution is 2.14. The summed E-state index contributed by atoms with van der Waals surface area (Å²) in [5.41, 5.74) is 6.34. The number of thioether (sulfide) groups is 1. The van der Waals surface area contributed by atoms with E-state index in [0.29, 0.717) is 6.54 Å². The molecule has 0 saturated heterocycles. The number of nitrogens with zero attached hydrogens (tertiary/aromatic N) is 1. The Morgan fingerprint density at radius 3 is 2.67 bits per heavy atom. The fraction of sp³-hybridized carbons (Fsp3) is 0.636. The SMILES string of the molecule is CCC(CSC)NS(=O)(=O)c1cc(CN)n(C)c1. The zero-order valence-electron chi connectivity index (χ0n) is 11.0. The molecule has 1 rings (SSSR count). The van der Waals surface area contributed by atoms with E-state index in [9.17, 15) is 8.42 Å². The van der Waals surface area contributed by atoms with Crippen LogP contribution in [0, 0.1) is 0 Å². The predicted octanol–water partition coefficient (Wildman–Crippen LogP) is 0.904. The number of nitrogens with one attached hydrogen (secondary N) is 1. The Bertz CT molecular complexity index is 482. The summed E-state index contributed by atoms with van der Waals surface area (Å²) >= 11 is 1.63. The molecular weight excluding hydrogens is 270 g/mol. The van der Waals surface area contributed by atoms with E-state index in [4.69, 9.17) is 5.73 Å². The molecule has 1 heterocycles. The number of aryl methyl sites for hydroxylation is 1. The molecule has 3 N–H and O–H groups in total. The van der Waals surface area contributed by atoms with Crippen molar-refractivity contribution in [1.82, 2.24) is 9.29 Å². The zero-order chi connectivity index (χ0) is 13.8. The zero-order valence-corrected chi connectivity index (χ0v) is 12.6. The van der Waals surface area contributed by atoms with Gasteiger partial charge in [0.05, 0.1) is 4.90 Å². The molecule has 5 nitrogen and oxygen atoms in total. The van der Waals surface area contributed by atoms with E-state index in [-0.39, 0.29) is 10.9 Å².